The van der Waals surface area contributed by atoms with Crippen LogP contribution >= 0.6 is 0 Å². The minimum atomic E-state index is -0.398. The van der Waals surface area contributed by atoms with Gasteiger partial charge in [-0.1, -0.05) is 6.92 Å². The Labute approximate surface area is 144 Å². The zero-order chi connectivity index (χ0) is 17.8. The maximum Gasteiger partial charge on any atom is 0.419 e. The van der Waals surface area contributed by atoms with Crippen molar-refractivity contribution in [2.45, 2.75) is 39.4 Å². The van der Waals surface area contributed by atoms with Gasteiger partial charge in [-0.3, -0.25) is 4.57 Å². The van der Waals surface area contributed by atoms with Crippen molar-refractivity contribution in [2.75, 3.05) is 5.32 Å². The van der Waals surface area contributed by atoms with E-state index < -0.39 is 5.76 Å². The van der Waals surface area contributed by atoms with Gasteiger partial charge >= 0.3 is 11.8 Å². The molecule has 25 heavy (non-hydrogen) atoms. The van der Waals surface area contributed by atoms with E-state index >= 15 is 0 Å². The van der Waals surface area contributed by atoms with E-state index in [0.717, 1.165) is 6.42 Å². The summed E-state index contributed by atoms with van der Waals surface area (Å²) in [6.07, 6.45) is 6.07. The molecule has 0 bridgehead atoms. The van der Waals surface area contributed by atoms with Gasteiger partial charge in [-0.25, -0.2) is 14.6 Å². The molecular formula is C17H21N5O3. The molecule has 2 amide bonds. The van der Waals surface area contributed by atoms with Crippen LogP contribution in [0.3, 0.4) is 0 Å². The van der Waals surface area contributed by atoms with Crippen molar-refractivity contribution in [3.8, 4) is 0 Å². The van der Waals surface area contributed by atoms with Gasteiger partial charge in [0.1, 0.15) is 0 Å². The Bertz CT molecular complexity index is 910. The van der Waals surface area contributed by atoms with Crippen LogP contribution in [0.25, 0.3) is 11.1 Å². The van der Waals surface area contributed by atoms with E-state index in [1.807, 2.05) is 24.6 Å². The van der Waals surface area contributed by atoms with E-state index in [4.69, 9.17) is 4.42 Å². The molecular weight excluding hydrogens is 322 g/mol. The van der Waals surface area contributed by atoms with Crippen LogP contribution in [0.4, 0.5) is 10.5 Å². The lowest BCUT2D eigenvalue weighted by atomic mass is 10.2. The zero-order valence-electron chi connectivity index (χ0n) is 14.2. The molecule has 1 aromatic carbocycles. The summed E-state index contributed by atoms with van der Waals surface area (Å²) in [7, 11) is 0. The van der Waals surface area contributed by atoms with Crippen molar-refractivity contribution in [3.63, 3.8) is 0 Å². The first kappa shape index (κ1) is 16.8. The molecule has 8 nitrogen and oxygen atoms in total. The van der Waals surface area contributed by atoms with E-state index in [1.54, 1.807) is 30.7 Å². The van der Waals surface area contributed by atoms with Crippen molar-refractivity contribution in [1.82, 2.24) is 19.4 Å². The third-order valence-corrected chi connectivity index (χ3v) is 4.06. The fraction of sp³-hybridized carbons (Fsp3) is 0.353. The molecule has 132 valence electrons. The van der Waals surface area contributed by atoms with Gasteiger partial charge in [0.25, 0.3) is 0 Å². The predicted octanol–water partition coefficient (Wildman–Crippen LogP) is 2.41. The van der Waals surface area contributed by atoms with Gasteiger partial charge in [-0.05, 0) is 25.5 Å². The number of carbonyl (C=O) groups excluding carboxylic acids is 1. The van der Waals surface area contributed by atoms with Crippen molar-refractivity contribution in [2.24, 2.45) is 0 Å². The van der Waals surface area contributed by atoms with E-state index in [-0.39, 0.29) is 12.1 Å². The summed E-state index contributed by atoms with van der Waals surface area (Å²) in [4.78, 5) is 28.0. The molecule has 3 aromatic rings. The monoisotopic (exact) mass is 343 g/mol. The van der Waals surface area contributed by atoms with Gasteiger partial charge in [-0.15, -0.1) is 0 Å². The normalized spacial score (nSPS) is 12.2. The van der Waals surface area contributed by atoms with Crippen molar-refractivity contribution >= 4 is 22.8 Å². The molecule has 8 heteroatoms. The van der Waals surface area contributed by atoms with E-state index in [9.17, 15) is 9.59 Å². The lowest BCUT2D eigenvalue weighted by molar-refractivity contribution is 0.246. The minimum absolute atomic E-state index is 0.0166. The number of hydrogen-bond donors (Lipinski definition) is 2. The highest BCUT2D eigenvalue weighted by Gasteiger charge is 2.13. The molecule has 0 aliphatic carbocycles. The van der Waals surface area contributed by atoms with Gasteiger partial charge < -0.3 is 19.6 Å². The minimum Gasteiger partial charge on any atom is -0.408 e. The first-order valence-corrected chi connectivity index (χ1v) is 8.27. The first-order valence-electron chi connectivity index (χ1n) is 8.27. The fourth-order valence-electron chi connectivity index (χ4n) is 2.72. The smallest absolute Gasteiger partial charge is 0.408 e. The highest BCUT2D eigenvalue weighted by molar-refractivity contribution is 5.91. The average Bonchev–Trinajstić information content (AvgIpc) is 3.20. The molecule has 2 aromatic heterocycles. The number of aryl methyl sites for hydroxylation is 1. The number of nitrogens with one attached hydrogen (secondary N) is 2. The number of hydrogen-bond acceptors (Lipinski definition) is 4. The number of carbonyl (C=O) groups is 1. The molecule has 3 rings (SSSR count). The van der Waals surface area contributed by atoms with Crippen molar-refractivity contribution in [1.29, 1.82) is 0 Å². The highest BCUT2D eigenvalue weighted by Crippen LogP contribution is 2.18. The number of urea groups is 1. The van der Waals surface area contributed by atoms with Crippen LogP contribution in [-0.4, -0.2) is 26.2 Å². The van der Waals surface area contributed by atoms with E-state index in [0.29, 0.717) is 29.9 Å². The number of nitrogens with zero attached hydrogens (tertiary/aromatic N) is 3. The second-order valence-corrected chi connectivity index (χ2v) is 5.76. The zero-order valence-corrected chi connectivity index (χ0v) is 14.2. The fourth-order valence-corrected chi connectivity index (χ4v) is 2.72. The van der Waals surface area contributed by atoms with E-state index in [1.165, 1.54) is 4.57 Å². The number of fused-ring (bicyclic) bond motifs is 1. The van der Waals surface area contributed by atoms with Gasteiger partial charge in [0.2, 0.25) is 0 Å². The van der Waals surface area contributed by atoms with Crippen molar-refractivity contribution < 1.29 is 9.21 Å². The molecule has 1 unspecified atom stereocenters. The number of rotatable bonds is 6. The number of anilines is 1. The molecule has 2 heterocycles. The lowest BCUT2D eigenvalue weighted by Crippen LogP contribution is -2.40. The second-order valence-electron chi connectivity index (χ2n) is 5.76. The van der Waals surface area contributed by atoms with Gasteiger partial charge in [0.05, 0.1) is 11.8 Å². The predicted molar refractivity (Wildman–Crippen MR) is 94.6 cm³/mol. The van der Waals surface area contributed by atoms with Crippen LogP contribution in [0.15, 0.2) is 46.1 Å². The first-order chi connectivity index (χ1) is 12.1. The van der Waals surface area contributed by atoms with Gasteiger partial charge in [0, 0.05) is 43.3 Å². The quantitative estimate of drug-likeness (QED) is 0.718. The van der Waals surface area contributed by atoms with Crippen molar-refractivity contribution in [3.05, 3.63) is 47.5 Å². The van der Waals surface area contributed by atoms with Crippen LogP contribution in [0, 0.1) is 0 Å². The largest absolute Gasteiger partial charge is 0.419 e. The summed E-state index contributed by atoms with van der Waals surface area (Å²) in [6.45, 7) is 5.07. The third-order valence-electron chi connectivity index (χ3n) is 4.06. The summed E-state index contributed by atoms with van der Waals surface area (Å²) < 4.78 is 8.67. The summed E-state index contributed by atoms with van der Waals surface area (Å²) in [5, 5.41) is 5.71. The Morgan fingerprint density at radius 3 is 2.88 bits per heavy atom. The Kier molecular flexibility index (Phi) is 4.87. The second kappa shape index (κ2) is 7.25. The number of amides is 2. The van der Waals surface area contributed by atoms with Crippen LogP contribution in [0.5, 0.6) is 0 Å². The average molecular weight is 343 g/mol. The Hall–Kier alpha value is -3.03. The topological polar surface area (TPSA) is 94.1 Å². The number of aromatic nitrogens is 3. The molecule has 0 spiro atoms. The Morgan fingerprint density at radius 1 is 1.36 bits per heavy atom. The molecule has 0 aliphatic heterocycles. The van der Waals surface area contributed by atoms with Gasteiger partial charge in [-0.2, -0.15) is 0 Å². The molecule has 0 fully saturated rings. The van der Waals surface area contributed by atoms with Crippen LogP contribution in [0.2, 0.25) is 0 Å². The summed E-state index contributed by atoms with van der Waals surface area (Å²) in [5.41, 5.74) is 1.74. The van der Waals surface area contributed by atoms with Crippen LogP contribution in [0.1, 0.15) is 20.3 Å². The van der Waals surface area contributed by atoms with Crippen LogP contribution < -0.4 is 16.4 Å². The lowest BCUT2D eigenvalue weighted by Gasteiger charge is -2.18. The summed E-state index contributed by atoms with van der Waals surface area (Å²) in [5.74, 6) is -0.398. The maximum absolute atomic E-state index is 12.2. The molecule has 0 radical (unpaired) electrons. The highest BCUT2D eigenvalue weighted by atomic mass is 16.4. The molecule has 0 saturated carbocycles. The SMILES string of the molecule is CCC(Cn1ccnc1)NC(=O)Nc1ccc2c(c1)oc(=O)n2CC. The summed E-state index contributed by atoms with van der Waals surface area (Å²) in [6, 6.07) is 4.85. The molecule has 2 N–H and O–H groups in total. The number of oxazole rings is 1. The molecule has 0 saturated heterocycles. The molecule has 1 atom stereocenters. The Morgan fingerprint density at radius 2 is 2.20 bits per heavy atom. The molecule has 0 aliphatic rings. The third kappa shape index (κ3) is 3.73. The Balaban J connectivity index is 1.67. The van der Waals surface area contributed by atoms with Crippen LogP contribution in [-0.2, 0) is 13.1 Å². The van der Waals surface area contributed by atoms with E-state index in [2.05, 4.69) is 15.6 Å². The van der Waals surface area contributed by atoms with Gasteiger partial charge in [0.15, 0.2) is 5.58 Å². The maximum atomic E-state index is 12.2. The standard InChI is InChI=1S/C17H21N5O3/c1-3-12(10-21-8-7-18-11-21)19-16(23)20-13-5-6-14-15(9-13)25-17(24)22(14)4-2/h5-9,11-12H,3-4,10H2,1-2H3,(H2,19,20,23). The summed E-state index contributed by atoms with van der Waals surface area (Å²) >= 11 is 0. The number of imidazole rings is 1. The number of benzene rings is 1.